The van der Waals surface area contributed by atoms with Gasteiger partial charge in [-0.25, -0.2) is 4.98 Å². The van der Waals surface area contributed by atoms with Crippen molar-refractivity contribution in [2.45, 2.75) is 13.3 Å². The van der Waals surface area contributed by atoms with Crippen molar-refractivity contribution in [3.63, 3.8) is 0 Å². The summed E-state index contributed by atoms with van der Waals surface area (Å²) in [4.78, 5) is 20.2. The molecule has 0 radical (unpaired) electrons. The highest BCUT2D eigenvalue weighted by molar-refractivity contribution is 5.92. The second kappa shape index (κ2) is 3.20. The van der Waals surface area contributed by atoms with Crippen molar-refractivity contribution in [2.24, 2.45) is 5.92 Å². The van der Waals surface area contributed by atoms with Crippen molar-refractivity contribution in [3.05, 3.63) is 18.2 Å². The number of rotatable bonds is 1. The first-order chi connectivity index (χ1) is 6.27. The van der Waals surface area contributed by atoms with Crippen LogP contribution in [0, 0.1) is 5.92 Å². The van der Waals surface area contributed by atoms with Crippen LogP contribution in [-0.2, 0) is 0 Å². The van der Waals surface area contributed by atoms with Crippen LogP contribution in [0.2, 0.25) is 0 Å². The van der Waals surface area contributed by atoms with Crippen molar-refractivity contribution < 1.29 is 4.79 Å². The minimum absolute atomic E-state index is 0.0712. The zero-order valence-corrected chi connectivity index (χ0v) is 7.66. The number of carbonyl (C=O) groups is 1. The maximum Gasteiger partial charge on any atom is 0.271 e. The quantitative estimate of drug-likeness (QED) is 0.696. The van der Waals surface area contributed by atoms with Crippen LogP contribution in [0.25, 0.3) is 0 Å². The molecule has 0 spiro atoms. The SMILES string of the molecule is CC1CCN(C(=O)c2cnc[nH]2)C1. The van der Waals surface area contributed by atoms with Crippen LogP contribution in [0.3, 0.4) is 0 Å². The summed E-state index contributed by atoms with van der Waals surface area (Å²) in [6.45, 7) is 3.91. The van der Waals surface area contributed by atoms with E-state index in [2.05, 4.69) is 16.9 Å². The van der Waals surface area contributed by atoms with Crippen LogP contribution < -0.4 is 0 Å². The zero-order valence-electron chi connectivity index (χ0n) is 7.66. The van der Waals surface area contributed by atoms with Crippen molar-refractivity contribution in [2.75, 3.05) is 13.1 Å². The van der Waals surface area contributed by atoms with Gasteiger partial charge in [0.1, 0.15) is 5.69 Å². The summed E-state index contributed by atoms with van der Waals surface area (Å²) in [6, 6.07) is 0. The molecule has 1 N–H and O–H groups in total. The Bertz CT molecular complexity index is 294. The Labute approximate surface area is 77.0 Å². The van der Waals surface area contributed by atoms with Crippen LogP contribution in [-0.4, -0.2) is 33.9 Å². The van der Waals surface area contributed by atoms with E-state index in [1.165, 1.54) is 6.33 Å². The summed E-state index contributed by atoms with van der Waals surface area (Å²) >= 11 is 0. The van der Waals surface area contributed by atoms with Crippen molar-refractivity contribution in [1.29, 1.82) is 0 Å². The molecule has 2 rings (SSSR count). The predicted molar refractivity (Wildman–Crippen MR) is 48.3 cm³/mol. The number of nitrogens with one attached hydrogen (secondary N) is 1. The Hall–Kier alpha value is -1.32. The predicted octanol–water partition coefficient (Wildman–Crippen LogP) is 0.892. The van der Waals surface area contributed by atoms with Crippen molar-refractivity contribution in [3.8, 4) is 0 Å². The maximum atomic E-state index is 11.7. The Kier molecular flexibility index (Phi) is 2.04. The Morgan fingerprint density at radius 1 is 1.77 bits per heavy atom. The molecule has 0 aliphatic carbocycles. The third kappa shape index (κ3) is 1.56. The second-order valence-electron chi connectivity index (χ2n) is 3.61. The van der Waals surface area contributed by atoms with Gasteiger partial charge >= 0.3 is 0 Å². The van der Waals surface area contributed by atoms with Gasteiger partial charge in [0.15, 0.2) is 0 Å². The summed E-state index contributed by atoms with van der Waals surface area (Å²) in [5, 5.41) is 0. The summed E-state index contributed by atoms with van der Waals surface area (Å²) in [6.07, 6.45) is 4.22. The lowest BCUT2D eigenvalue weighted by Crippen LogP contribution is -2.28. The molecule has 1 unspecified atom stereocenters. The van der Waals surface area contributed by atoms with Gasteiger partial charge < -0.3 is 9.88 Å². The Morgan fingerprint density at radius 3 is 3.15 bits per heavy atom. The molecule has 1 aromatic heterocycles. The standard InChI is InChI=1S/C9H13N3O/c1-7-2-3-12(5-7)9(13)8-4-10-6-11-8/h4,6-7H,2-3,5H2,1H3,(H,10,11). The number of nitrogens with zero attached hydrogens (tertiary/aromatic N) is 2. The molecule has 0 aromatic carbocycles. The van der Waals surface area contributed by atoms with E-state index >= 15 is 0 Å². The van der Waals surface area contributed by atoms with E-state index in [1.807, 2.05) is 4.90 Å². The average Bonchev–Trinajstić information content (AvgIpc) is 2.72. The molecule has 2 heterocycles. The molecule has 1 saturated heterocycles. The maximum absolute atomic E-state index is 11.7. The molecule has 0 saturated carbocycles. The Balaban J connectivity index is 2.06. The summed E-state index contributed by atoms with van der Waals surface area (Å²) < 4.78 is 0. The zero-order chi connectivity index (χ0) is 9.26. The first-order valence-electron chi connectivity index (χ1n) is 4.55. The average molecular weight is 179 g/mol. The normalized spacial score (nSPS) is 22.2. The topological polar surface area (TPSA) is 49.0 Å². The minimum atomic E-state index is 0.0712. The second-order valence-corrected chi connectivity index (χ2v) is 3.61. The molecule has 1 aliphatic heterocycles. The number of amides is 1. The molecule has 1 aliphatic rings. The molecule has 1 fully saturated rings. The van der Waals surface area contributed by atoms with E-state index in [4.69, 9.17) is 0 Å². The van der Waals surface area contributed by atoms with Crippen LogP contribution in [0.1, 0.15) is 23.8 Å². The van der Waals surface area contributed by atoms with E-state index in [0.29, 0.717) is 11.6 Å². The molecule has 70 valence electrons. The first-order valence-corrected chi connectivity index (χ1v) is 4.55. The highest BCUT2D eigenvalue weighted by Crippen LogP contribution is 2.16. The largest absolute Gasteiger partial charge is 0.341 e. The molecular formula is C9H13N3O. The lowest BCUT2D eigenvalue weighted by Gasteiger charge is -2.13. The van der Waals surface area contributed by atoms with Crippen LogP contribution in [0.15, 0.2) is 12.5 Å². The van der Waals surface area contributed by atoms with E-state index in [9.17, 15) is 4.79 Å². The van der Waals surface area contributed by atoms with E-state index in [-0.39, 0.29) is 5.91 Å². The van der Waals surface area contributed by atoms with E-state index in [0.717, 1.165) is 19.5 Å². The van der Waals surface area contributed by atoms with Crippen LogP contribution in [0.5, 0.6) is 0 Å². The number of aromatic nitrogens is 2. The highest BCUT2D eigenvalue weighted by Gasteiger charge is 2.24. The number of likely N-dealkylation sites (tertiary alicyclic amines) is 1. The molecular weight excluding hydrogens is 166 g/mol. The van der Waals surface area contributed by atoms with Gasteiger partial charge in [0, 0.05) is 13.1 Å². The van der Waals surface area contributed by atoms with Gasteiger partial charge in [0.05, 0.1) is 12.5 Å². The molecule has 1 aromatic rings. The fourth-order valence-electron chi connectivity index (χ4n) is 1.66. The van der Waals surface area contributed by atoms with Crippen molar-refractivity contribution in [1.82, 2.24) is 14.9 Å². The minimum Gasteiger partial charge on any atom is -0.341 e. The molecule has 0 bridgehead atoms. The summed E-state index contributed by atoms with van der Waals surface area (Å²) in [7, 11) is 0. The van der Waals surface area contributed by atoms with Crippen LogP contribution >= 0.6 is 0 Å². The van der Waals surface area contributed by atoms with Gasteiger partial charge in [0.25, 0.3) is 5.91 Å². The number of H-pyrrole nitrogens is 1. The number of aromatic amines is 1. The fourth-order valence-corrected chi connectivity index (χ4v) is 1.66. The van der Waals surface area contributed by atoms with Gasteiger partial charge in [-0.05, 0) is 12.3 Å². The summed E-state index contributed by atoms with van der Waals surface area (Å²) in [5.41, 5.74) is 0.592. The molecule has 1 amide bonds. The number of carbonyl (C=O) groups excluding carboxylic acids is 1. The van der Waals surface area contributed by atoms with Gasteiger partial charge in [-0.2, -0.15) is 0 Å². The van der Waals surface area contributed by atoms with Gasteiger partial charge in [-0.1, -0.05) is 6.92 Å². The van der Waals surface area contributed by atoms with Gasteiger partial charge in [0.2, 0.25) is 0 Å². The lowest BCUT2D eigenvalue weighted by molar-refractivity contribution is 0.0783. The lowest BCUT2D eigenvalue weighted by atomic mass is 10.2. The highest BCUT2D eigenvalue weighted by atomic mass is 16.2. The number of hydrogen-bond donors (Lipinski definition) is 1. The third-order valence-electron chi connectivity index (χ3n) is 2.44. The third-order valence-corrected chi connectivity index (χ3v) is 2.44. The monoisotopic (exact) mass is 179 g/mol. The van der Waals surface area contributed by atoms with Crippen LogP contribution in [0.4, 0.5) is 0 Å². The first kappa shape index (κ1) is 8.29. The molecule has 13 heavy (non-hydrogen) atoms. The van der Waals surface area contributed by atoms with Crippen molar-refractivity contribution >= 4 is 5.91 Å². The van der Waals surface area contributed by atoms with Gasteiger partial charge in [-0.15, -0.1) is 0 Å². The fraction of sp³-hybridized carbons (Fsp3) is 0.556. The molecule has 4 heteroatoms. The number of imidazole rings is 1. The Morgan fingerprint density at radius 2 is 2.62 bits per heavy atom. The molecule has 1 atom stereocenters. The molecule has 4 nitrogen and oxygen atoms in total. The van der Waals surface area contributed by atoms with Gasteiger partial charge in [-0.3, -0.25) is 4.79 Å². The summed E-state index contributed by atoms with van der Waals surface area (Å²) in [5.74, 6) is 0.703. The smallest absolute Gasteiger partial charge is 0.271 e. The number of hydrogen-bond acceptors (Lipinski definition) is 2. The van der Waals surface area contributed by atoms with E-state index < -0.39 is 0 Å². The van der Waals surface area contributed by atoms with E-state index in [1.54, 1.807) is 6.20 Å².